The van der Waals surface area contributed by atoms with Crippen molar-refractivity contribution in [3.8, 4) is 0 Å². The quantitative estimate of drug-likeness (QED) is 0.919. The van der Waals surface area contributed by atoms with Crippen LogP contribution in [0.5, 0.6) is 0 Å². The fourth-order valence-electron chi connectivity index (χ4n) is 1.98. The van der Waals surface area contributed by atoms with Crippen LogP contribution in [0, 0.1) is 0 Å². The largest absolute Gasteiger partial charge is 0.378 e. The van der Waals surface area contributed by atoms with E-state index in [-0.39, 0.29) is 24.4 Å². The highest BCUT2D eigenvalue weighted by atomic mass is 35.5. The average molecular weight is 340 g/mol. The van der Waals surface area contributed by atoms with Gasteiger partial charge in [0.05, 0.1) is 23.3 Å². The van der Waals surface area contributed by atoms with Crippen molar-refractivity contribution in [1.82, 2.24) is 10.2 Å². The van der Waals surface area contributed by atoms with Crippen LogP contribution >= 0.6 is 35.6 Å². The summed E-state index contributed by atoms with van der Waals surface area (Å²) in [7, 11) is 1.77. The number of nitrogens with one attached hydrogen (secondary N) is 1. The van der Waals surface area contributed by atoms with Crippen molar-refractivity contribution in [2.24, 2.45) is 0 Å². The highest BCUT2D eigenvalue weighted by Gasteiger charge is 2.24. The molecule has 1 fully saturated rings. The smallest absolute Gasteiger partial charge is 0.242 e. The first-order valence-electron chi connectivity index (χ1n) is 6.08. The zero-order valence-electron chi connectivity index (χ0n) is 11.1. The van der Waals surface area contributed by atoms with E-state index in [2.05, 4.69) is 5.32 Å². The molecule has 1 aliphatic rings. The summed E-state index contributed by atoms with van der Waals surface area (Å²) in [5.41, 5.74) is 0.946. The van der Waals surface area contributed by atoms with Crippen LogP contribution in [-0.2, 0) is 16.1 Å². The Morgan fingerprint density at radius 2 is 2.20 bits per heavy atom. The minimum absolute atomic E-state index is 0. The second kappa shape index (κ2) is 8.05. The summed E-state index contributed by atoms with van der Waals surface area (Å²) in [5.74, 6) is 0.0192. The minimum Gasteiger partial charge on any atom is -0.378 e. The van der Waals surface area contributed by atoms with Gasteiger partial charge in [-0.25, -0.2) is 0 Å². The molecule has 1 aliphatic heterocycles. The number of benzene rings is 1. The summed E-state index contributed by atoms with van der Waals surface area (Å²) in [5, 5.41) is 4.16. The number of nitrogens with zero attached hydrogens (tertiary/aromatic N) is 1. The molecule has 0 saturated carbocycles. The van der Waals surface area contributed by atoms with Gasteiger partial charge in [-0.1, -0.05) is 29.3 Å². The molecule has 0 bridgehead atoms. The second-order valence-electron chi connectivity index (χ2n) is 4.52. The van der Waals surface area contributed by atoms with Gasteiger partial charge in [-0.3, -0.25) is 4.79 Å². The molecule has 0 radical (unpaired) electrons. The molecule has 20 heavy (non-hydrogen) atoms. The third-order valence-electron chi connectivity index (χ3n) is 3.00. The molecule has 0 aromatic heterocycles. The molecule has 1 heterocycles. The Morgan fingerprint density at radius 3 is 2.80 bits per heavy atom. The Labute approximate surface area is 134 Å². The Morgan fingerprint density at radius 1 is 1.45 bits per heavy atom. The molecule has 1 unspecified atom stereocenters. The van der Waals surface area contributed by atoms with Crippen molar-refractivity contribution in [3.63, 3.8) is 0 Å². The van der Waals surface area contributed by atoms with E-state index in [1.165, 1.54) is 0 Å². The van der Waals surface area contributed by atoms with E-state index < -0.39 is 0 Å². The summed E-state index contributed by atoms with van der Waals surface area (Å²) >= 11 is 11.8. The molecular weight excluding hydrogens is 323 g/mol. The van der Waals surface area contributed by atoms with Crippen molar-refractivity contribution in [2.75, 3.05) is 26.8 Å². The highest BCUT2D eigenvalue weighted by Crippen LogP contribution is 2.23. The monoisotopic (exact) mass is 338 g/mol. The van der Waals surface area contributed by atoms with Gasteiger partial charge in [0, 0.05) is 20.1 Å². The molecule has 4 nitrogen and oxygen atoms in total. The third-order valence-corrected chi connectivity index (χ3v) is 3.74. The van der Waals surface area contributed by atoms with Crippen LogP contribution in [0.3, 0.4) is 0 Å². The van der Waals surface area contributed by atoms with Crippen LogP contribution in [0.4, 0.5) is 0 Å². The van der Waals surface area contributed by atoms with Crippen LogP contribution in [0.15, 0.2) is 18.2 Å². The van der Waals surface area contributed by atoms with E-state index in [9.17, 15) is 4.79 Å². The molecule has 1 amide bonds. The number of ether oxygens (including phenoxy) is 1. The maximum absolute atomic E-state index is 12.2. The van der Waals surface area contributed by atoms with Crippen LogP contribution in [0.25, 0.3) is 0 Å². The van der Waals surface area contributed by atoms with E-state index in [1.54, 1.807) is 24.1 Å². The average Bonchev–Trinajstić information content (AvgIpc) is 2.43. The van der Waals surface area contributed by atoms with Crippen LogP contribution in [0.2, 0.25) is 10.0 Å². The molecule has 0 aliphatic carbocycles. The Hall–Kier alpha value is -0.520. The number of carbonyl (C=O) groups is 1. The van der Waals surface area contributed by atoms with Crippen molar-refractivity contribution in [3.05, 3.63) is 33.8 Å². The zero-order chi connectivity index (χ0) is 13.8. The summed E-state index contributed by atoms with van der Waals surface area (Å²) in [4.78, 5) is 13.8. The van der Waals surface area contributed by atoms with Gasteiger partial charge in [-0.15, -0.1) is 12.4 Å². The van der Waals surface area contributed by atoms with Gasteiger partial charge in [-0.05, 0) is 17.7 Å². The van der Waals surface area contributed by atoms with Crippen LogP contribution < -0.4 is 5.32 Å². The standard InChI is InChI=1S/C13H16Cl2N2O2.ClH/c1-17(13(18)12-8-19-5-4-16-12)7-9-2-3-10(14)11(15)6-9;/h2-3,6,12,16H,4-5,7-8H2,1H3;1H. The Balaban J connectivity index is 0.00000200. The number of rotatable bonds is 3. The lowest BCUT2D eigenvalue weighted by Crippen LogP contribution is -2.51. The fourth-order valence-corrected chi connectivity index (χ4v) is 2.30. The normalized spacial score (nSPS) is 18.2. The molecule has 0 spiro atoms. The molecule has 1 atom stereocenters. The number of morpholine rings is 1. The zero-order valence-corrected chi connectivity index (χ0v) is 13.4. The van der Waals surface area contributed by atoms with E-state index in [0.717, 1.165) is 5.56 Å². The summed E-state index contributed by atoms with van der Waals surface area (Å²) in [6.07, 6.45) is 0. The first kappa shape index (κ1) is 17.5. The maximum atomic E-state index is 12.2. The Kier molecular flexibility index (Phi) is 7.06. The summed E-state index contributed by atoms with van der Waals surface area (Å²) < 4.78 is 5.29. The number of amides is 1. The predicted molar refractivity (Wildman–Crippen MR) is 82.8 cm³/mol. The van der Waals surface area contributed by atoms with Crippen molar-refractivity contribution in [2.45, 2.75) is 12.6 Å². The summed E-state index contributed by atoms with van der Waals surface area (Å²) in [6, 6.07) is 5.11. The summed E-state index contributed by atoms with van der Waals surface area (Å²) in [6.45, 7) is 2.27. The Bertz CT molecular complexity index is 465. The van der Waals surface area contributed by atoms with Crippen LogP contribution in [-0.4, -0.2) is 43.7 Å². The third kappa shape index (κ3) is 4.50. The molecular formula is C13H17Cl3N2O2. The maximum Gasteiger partial charge on any atom is 0.242 e. The van der Waals surface area contributed by atoms with Gasteiger partial charge < -0.3 is 15.0 Å². The predicted octanol–water partition coefficient (Wildman–Crippen LogP) is 2.36. The number of hydrogen-bond acceptors (Lipinski definition) is 3. The van der Waals surface area contributed by atoms with Gasteiger partial charge in [0.2, 0.25) is 5.91 Å². The molecule has 7 heteroatoms. The van der Waals surface area contributed by atoms with Gasteiger partial charge in [0.1, 0.15) is 6.04 Å². The van der Waals surface area contributed by atoms with Gasteiger partial charge >= 0.3 is 0 Å². The van der Waals surface area contributed by atoms with E-state index in [0.29, 0.717) is 36.3 Å². The van der Waals surface area contributed by atoms with Crippen LogP contribution in [0.1, 0.15) is 5.56 Å². The fraction of sp³-hybridized carbons (Fsp3) is 0.462. The number of hydrogen-bond donors (Lipinski definition) is 1. The topological polar surface area (TPSA) is 41.6 Å². The highest BCUT2D eigenvalue weighted by molar-refractivity contribution is 6.42. The second-order valence-corrected chi connectivity index (χ2v) is 5.34. The van der Waals surface area contributed by atoms with Crippen molar-refractivity contribution < 1.29 is 9.53 Å². The lowest BCUT2D eigenvalue weighted by Gasteiger charge is -2.27. The minimum atomic E-state index is -0.262. The van der Waals surface area contributed by atoms with Gasteiger partial charge in [0.15, 0.2) is 0 Å². The van der Waals surface area contributed by atoms with E-state index >= 15 is 0 Å². The lowest BCUT2D eigenvalue weighted by molar-refractivity contribution is -0.135. The van der Waals surface area contributed by atoms with E-state index in [4.69, 9.17) is 27.9 Å². The van der Waals surface area contributed by atoms with Crippen molar-refractivity contribution >= 4 is 41.5 Å². The molecule has 112 valence electrons. The molecule has 2 rings (SSSR count). The molecule has 1 N–H and O–H groups in total. The number of carbonyl (C=O) groups excluding carboxylic acids is 1. The van der Waals surface area contributed by atoms with Gasteiger partial charge in [-0.2, -0.15) is 0 Å². The first-order chi connectivity index (χ1) is 9.08. The SMILES string of the molecule is CN(Cc1ccc(Cl)c(Cl)c1)C(=O)C1COCCN1.Cl. The lowest BCUT2D eigenvalue weighted by atomic mass is 10.2. The van der Waals surface area contributed by atoms with E-state index in [1.807, 2.05) is 6.07 Å². The first-order valence-corrected chi connectivity index (χ1v) is 6.83. The van der Waals surface area contributed by atoms with Gasteiger partial charge in [0.25, 0.3) is 0 Å². The van der Waals surface area contributed by atoms with Crippen molar-refractivity contribution in [1.29, 1.82) is 0 Å². The number of likely N-dealkylation sites (N-methyl/N-ethyl adjacent to an activating group) is 1. The number of halogens is 3. The molecule has 1 aromatic carbocycles. The molecule has 1 saturated heterocycles. The molecule has 1 aromatic rings.